The normalized spacial score (nSPS) is 10.4. The van der Waals surface area contributed by atoms with Crippen molar-refractivity contribution in [2.24, 2.45) is 0 Å². The Balaban J connectivity index is 2.37. The van der Waals surface area contributed by atoms with Gasteiger partial charge in [-0.05, 0) is 31.5 Å². The minimum atomic E-state index is -0.481. The molecule has 0 aliphatic carbocycles. The number of nitrogens with one attached hydrogen (secondary N) is 1. The Morgan fingerprint density at radius 2 is 2.00 bits per heavy atom. The number of hydrogen-bond donors (Lipinski definition) is 2. The number of nitrogens with two attached hydrogens (primary N) is 1. The van der Waals surface area contributed by atoms with Gasteiger partial charge in [-0.15, -0.1) is 0 Å². The van der Waals surface area contributed by atoms with E-state index in [9.17, 15) is 4.39 Å². The SMILES string of the molecule is CCOc1cc(Nc2cc(C)ccc2Cl)c(N)cc1F. The van der Waals surface area contributed by atoms with E-state index >= 15 is 0 Å². The minimum absolute atomic E-state index is 0.160. The molecule has 3 nitrogen and oxygen atoms in total. The van der Waals surface area contributed by atoms with Crippen LogP contribution in [0.15, 0.2) is 30.3 Å². The summed E-state index contributed by atoms with van der Waals surface area (Å²) in [6.45, 7) is 4.13. The number of rotatable bonds is 4. The van der Waals surface area contributed by atoms with E-state index in [0.29, 0.717) is 28.7 Å². The highest BCUT2D eigenvalue weighted by Crippen LogP contribution is 2.33. The van der Waals surface area contributed by atoms with Crippen molar-refractivity contribution >= 4 is 28.7 Å². The smallest absolute Gasteiger partial charge is 0.167 e. The first-order chi connectivity index (χ1) is 9.51. The molecular formula is C15H16ClFN2O. The van der Waals surface area contributed by atoms with Crippen LogP contribution in [0.3, 0.4) is 0 Å². The number of nitrogen functional groups attached to an aromatic ring is 1. The average Bonchev–Trinajstić information content (AvgIpc) is 2.39. The van der Waals surface area contributed by atoms with Crippen LogP contribution in [0.5, 0.6) is 5.75 Å². The van der Waals surface area contributed by atoms with E-state index in [-0.39, 0.29) is 5.75 Å². The molecule has 20 heavy (non-hydrogen) atoms. The van der Waals surface area contributed by atoms with Gasteiger partial charge >= 0.3 is 0 Å². The molecule has 5 heteroatoms. The van der Waals surface area contributed by atoms with Crippen molar-refractivity contribution in [2.75, 3.05) is 17.7 Å². The molecule has 106 valence electrons. The van der Waals surface area contributed by atoms with Crippen LogP contribution in [-0.4, -0.2) is 6.61 Å². The molecule has 0 aliphatic heterocycles. The van der Waals surface area contributed by atoms with Gasteiger partial charge in [-0.3, -0.25) is 0 Å². The number of hydrogen-bond acceptors (Lipinski definition) is 3. The highest BCUT2D eigenvalue weighted by atomic mass is 35.5. The lowest BCUT2D eigenvalue weighted by atomic mass is 10.2. The van der Waals surface area contributed by atoms with Gasteiger partial charge in [-0.2, -0.15) is 0 Å². The van der Waals surface area contributed by atoms with Crippen LogP contribution in [0.25, 0.3) is 0 Å². The second kappa shape index (κ2) is 6.01. The highest BCUT2D eigenvalue weighted by molar-refractivity contribution is 6.33. The first-order valence-electron chi connectivity index (χ1n) is 6.26. The average molecular weight is 295 g/mol. The highest BCUT2D eigenvalue weighted by Gasteiger charge is 2.10. The lowest BCUT2D eigenvalue weighted by molar-refractivity contribution is 0.322. The first-order valence-corrected chi connectivity index (χ1v) is 6.64. The van der Waals surface area contributed by atoms with Crippen LogP contribution < -0.4 is 15.8 Å². The zero-order chi connectivity index (χ0) is 14.7. The molecule has 0 bridgehead atoms. The lowest BCUT2D eigenvalue weighted by Gasteiger charge is -2.14. The van der Waals surface area contributed by atoms with Gasteiger partial charge in [0.2, 0.25) is 0 Å². The summed E-state index contributed by atoms with van der Waals surface area (Å²) in [5.41, 5.74) is 8.45. The fraction of sp³-hybridized carbons (Fsp3) is 0.200. The number of halogens is 2. The number of benzene rings is 2. The van der Waals surface area contributed by atoms with Crippen molar-refractivity contribution in [3.63, 3.8) is 0 Å². The first kappa shape index (κ1) is 14.5. The van der Waals surface area contributed by atoms with E-state index in [1.54, 1.807) is 13.0 Å². The van der Waals surface area contributed by atoms with Crippen LogP contribution in [0.1, 0.15) is 12.5 Å². The third kappa shape index (κ3) is 3.14. The minimum Gasteiger partial charge on any atom is -0.491 e. The van der Waals surface area contributed by atoms with Gasteiger partial charge in [0.15, 0.2) is 11.6 Å². The molecule has 0 aliphatic rings. The molecule has 0 fully saturated rings. The van der Waals surface area contributed by atoms with Gasteiger partial charge in [-0.1, -0.05) is 17.7 Å². The summed E-state index contributed by atoms with van der Waals surface area (Å²) in [6.07, 6.45) is 0. The van der Waals surface area contributed by atoms with E-state index in [1.165, 1.54) is 12.1 Å². The summed E-state index contributed by atoms with van der Waals surface area (Å²) in [7, 11) is 0. The predicted molar refractivity (Wildman–Crippen MR) is 81.5 cm³/mol. The topological polar surface area (TPSA) is 47.3 Å². The number of ether oxygens (including phenoxy) is 1. The van der Waals surface area contributed by atoms with E-state index in [1.807, 2.05) is 19.1 Å². The van der Waals surface area contributed by atoms with Gasteiger partial charge in [0.25, 0.3) is 0 Å². The fourth-order valence-corrected chi connectivity index (χ4v) is 1.99. The van der Waals surface area contributed by atoms with Crippen LogP contribution in [0.2, 0.25) is 5.02 Å². The quantitative estimate of drug-likeness (QED) is 0.816. The maximum absolute atomic E-state index is 13.6. The molecule has 2 aromatic carbocycles. The summed E-state index contributed by atoms with van der Waals surface area (Å²) in [5.74, 6) is -0.321. The summed E-state index contributed by atoms with van der Waals surface area (Å²) in [6, 6.07) is 8.37. The van der Waals surface area contributed by atoms with Crippen molar-refractivity contribution in [1.29, 1.82) is 0 Å². The molecule has 0 saturated heterocycles. The van der Waals surface area contributed by atoms with Crippen LogP contribution in [-0.2, 0) is 0 Å². The monoisotopic (exact) mass is 294 g/mol. The maximum atomic E-state index is 13.6. The predicted octanol–water partition coefficient (Wildman–Crippen LogP) is 4.51. The van der Waals surface area contributed by atoms with Gasteiger partial charge in [0.1, 0.15) is 0 Å². The molecule has 0 spiro atoms. The standard InChI is InChI=1S/C15H16ClFN2O/c1-3-20-15-8-14(12(18)7-11(15)17)19-13-6-9(2)4-5-10(13)16/h4-8,19H,3,18H2,1-2H3. The Morgan fingerprint density at radius 1 is 1.25 bits per heavy atom. The Morgan fingerprint density at radius 3 is 2.70 bits per heavy atom. The number of aryl methyl sites for hydroxylation is 1. The molecule has 3 N–H and O–H groups in total. The lowest BCUT2D eigenvalue weighted by Crippen LogP contribution is -2.01. The van der Waals surface area contributed by atoms with Crippen molar-refractivity contribution in [3.05, 3.63) is 46.7 Å². The van der Waals surface area contributed by atoms with E-state index in [4.69, 9.17) is 22.1 Å². The molecule has 2 aromatic rings. The molecule has 0 aromatic heterocycles. The van der Waals surface area contributed by atoms with Crippen molar-refractivity contribution in [2.45, 2.75) is 13.8 Å². The summed E-state index contributed by atoms with van der Waals surface area (Å²) in [4.78, 5) is 0. The molecule has 0 unspecified atom stereocenters. The molecule has 0 radical (unpaired) electrons. The zero-order valence-electron chi connectivity index (χ0n) is 11.3. The van der Waals surface area contributed by atoms with Crippen LogP contribution in [0, 0.1) is 12.7 Å². The molecule has 0 atom stereocenters. The second-order valence-corrected chi connectivity index (χ2v) is 4.82. The van der Waals surface area contributed by atoms with E-state index in [2.05, 4.69) is 5.32 Å². The Hall–Kier alpha value is -1.94. The molecule has 0 heterocycles. The third-order valence-electron chi connectivity index (χ3n) is 2.80. The molecule has 0 amide bonds. The van der Waals surface area contributed by atoms with Crippen molar-refractivity contribution in [3.8, 4) is 5.75 Å². The summed E-state index contributed by atoms with van der Waals surface area (Å²) >= 11 is 6.12. The van der Waals surface area contributed by atoms with E-state index in [0.717, 1.165) is 5.56 Å². The van der Waals surface area contributed by atoms with Crippen molar-refractivity contribution < 1.29 is 9.13 Å². The second-order valence-electron chi connectivity index (χ2n) is 4.41. The van der Waals surface area contributed by atoms with Gasteiger partial charge < -0.3 is 15.8 Å². The van der Waals surface area contributed by atoms with Crippen LogP contribution in [0.4, 0.5) is 21.5 Å². The van der Waals surface area contributed by atoms with Crippen molar-refractivity contribution in [1.82, 2.24) is 0 Å². The Bertz CT molecular complexity index is 632. The third-order valence-corrected chi connectivity index (χ3v) is 3.12. The molecular weight excluding hydrogens is 279 g/mol. The summed E-state index contributed by atoms with van der Waals surface area (Å²) in [5, 5.41) is 3.67. The maximum Gasteiger partial charge on any atom is 0.167 e. The zero-order valence-corrected chi connectivity index (χ0v) is 12.1. The van der Waals surface area contributed by atoms with Crippen LogP contribution >= 0.6 is 11.6 Å². The van der Waals surface area contributed by atoms with Gasteiger partial charge in [-0.25, -0.2) is 4.39 Å². The molecule has 0 saturated carbocycles. The van der Waals surface area contributed by atoms with Gasteiger partial charge in [0.05, 0.1) is 28.7 Å². The number of anilines is 3. The van der Waals surface area contributed by atoms with Gasteiger partial charge in [0, 0.05) is 12.1 Å². The Kier molecular flexibility index (Phi) is 4.35. The summed E-state index contributed by atoms with van der Waals surface area (Å²) < 4.78 is 18.9. The fourth-order valence-electron chi connectivity index (χ4n) is 1.82. The largest absolute Gasteiger partial charge is 0.491 e. The Labute approximate surface area is 122 Å². The van der Waals surface area contributed by atoms with E-state index < -0.39 is 5.82 Å². The molecule has 2 rings (SSSR count).